The van der Waals surface area contributed by atoms with E-state index in [-0.39, 0.29) is 12.0 Å². The van der Waals surface area contributed by atoms with Gasteiger partial charge in [-0.05, 0) is 13.3 Å². The number of aliphatic hydroxyl groups excluding tert-OH is 1. The van der Waals surface area contributed by atoms with Crippen LogP contribution in [0, 0.1) is 5.92 Å². The monoisotopic (exact) mass is 140 g/mol. The average Bonchev–Trinajstić information content (AvgIpc) is 1.89. The van der Waals surface area contributed by atoms with Crippen LogP contribution in [0.4, 0.5) is 0 Å². The Morgan fingerprint density at radius 3 is 2.50 bits per heavy atom. The fourth-order valence-corrected chi connectivity index (χ4v) is 0.859. The topological polar surface area (TPSA) is 20.2 Å². The third-order valence-corrected chi connectivity index (χ3v) is 1.59. The summed E-state index contributed by atoms with van der Waals surface area (Å²) >= 11 is 0. The SMILES string of the molecule is C=C/C=C/[C@@H](CC)[C@@H](C)O. The number of aliphatic hydroxyl groups is 1. The van der Waals surface area contributed by atoms with Crippen molar-refractivity contribution in [1.29, 1.82) is 0 Å². The van der Waals surface area contributed by atoms with Gasteiger partial charge in [0, 0.05) is 5.92 Å². The molecule has 0 aliphatic heterocycles. The Hall–Kier alpha value is -0.560. The van der Waals surface area contributed by atoms with E-state index in [2.05, 4.69) is 13.5 Å². The van der Waals surface area contributed by atoms with Gasteiger partial charge in [-0.15, -0.1) is 0 Å². The molecular weight excluding hydrogens is 124 g/mol. The summed E-state index contributed by atoms with van der Waals surface area (Å²) in [6.45, 7) is 7.43. The predicted octanol–water partition coefficient (Wildman–Crippen LogP) is 2.14. The van der Waals surface area contributed by atoms with Crippen molar-refractivity contribution < 1.29 is 5.11 Å². The highest BCUT2D eigenvalue weighted by atomic mass is 16.3. The highest BCUT2D eigenvalue weighted by molar-refractivity contribution is 5.00. The third-order valence-electron chi connectivity index (χ3n) is 1.59. The van der Waals surface area contributed by atoms with Gasteiger partial charge in [-0.25, -0.2) is 0 Å². The predicted molar refractivity (Wildman–Crippen MR) is 44.8 cm³/mol. The molecule has 0 saturated carbocycles. The molecule has 1 nitrogen and oxygen atoms in total. The first-order chi connectivity index (χ1) is 4.72. The van der Waals surface area contributed by atoms with E-state index in [9.17, 15) is 0 Å². The van der Waals surface area contributed by atoms with Crippen molar-refractivity contribution in [2.45, 2.75) is 26.4 Å². The van der Waals surface area contributed by atoms with Crippen molar-refractivity contribution in [3.05, 3.63) is 24.8 Å². The van der Waals surface area contributed by atoms with Crippen molar-refractivity contribution in [2.24, 2.45) is 5.92 Å². The summed E-state index contributed by atoms with van der Waals surface area (Å²) in [6, 6.07) is 0. The Kier molecular flexibility index (Phi) is 4.95. The van der Waals surface area contributed by atoms with Crippen LogP contribution in [0.2, 0.25) is 0 Å². The summed E-state index contributed by atoms with van der Waals surface area (Å²) in [7, 11) is 0. The van der Waals surface area contributed by atoms with E-state index in [0.29, 0.717) is 0 Å². The van der Waals surface area contributed by atoms with Crippen LogP contribution < -0.4 is 0 Å². The second-order valence-electron chi connectivity index (χ2n) is 2.43. The van der Waals surface area contributed by atoms with E-state index in [4.69, 9.17) is 5.11 Å². The zero-order chi connectivity index (χ0) is 7.98. The summed E-state index contributed by atoms with van der Waals surface area (Å²) in [5, 5.41) is 9.15. The Bertz CT molecular complexity index is 114. The summed E-state index contributed by atoms with van der Waals surface area (Å²) in [5.74, 6) is 0.276. The highest BCUT2D eigenvalue weighted by Gasteiger charge is 2.06. The molecule has 1 heteroatoms. The second-order valence-corrected chi connectivity index (χ2v) is 2.43. The van der Waals surface area contributed by atoms with E-state index in [1.54, 1.807) is 6.08 Å². The van der Waals surface area contributed by atoms with E-state index in [0.717, 1.165) is 6.42 Å². The molecule has 58 valence electrons. The second kappa shape index (κ2) is 5.24. The zero-order valence-corrected chi connectivity index (χ0v) is 6.75. The van der Waals surface area contributed by atoms with Gasteiger partial charge >= 0.3 is 0 Å². The van der Waals surface area contributed by atoms with Crippen LogP contribution in [0.3, 0.4) is 0 Å². The minimum atomic E-state index is -0.249. The zero-order valence-electron chi connectivity index (χ0n) is 6.75. The molecular formula is C9H16O. The first-order valence-electron chi connectivity index (χ1n) is 3.69. The fourth-order valence-electron chi connectivity index (χ4n) is 0.859. The van der Waals surface area contributed by atoms with Gasteiger partial charge in [-0.1, -0.05) is 31.7 Å². The summed E-state index contributed by atoms with van der Waals surface area (Å²) < 4.78 is 0. The van der Waals surface area contributed by atoms with Crippen LogP contribution in [0.1, 0.15) is 20.3 Å². The molecule has 0 heterocycles. The van der Waals surface area contributed by atoms with Gasteiger partial charge in [0.15, 0.2) is 0 Å². The van der Waals surface area contributed by atoms with Crippen LogP contribution >= 0.6 is 0 Å². The Morgan fingerprint density at radius 2 is 2.20 bits per heavy atom. The summed E-state index contributed by atoms with van der Waals surface area (Å²) in [6.07, 6.45) is 6.31. The van der Waals surface area contributed by atoms with Gasteiger partial charge in [-0.2, -0.15) is 0 Å². The van der Waals surface area contributed by atoms with E-state index >= 15 is 0 Å². The average molecular weight is 140 g/mol. The molecule has 0 aliphatic carbocycles. The highest BCUT2D eigenvalue weighted by Crippen LogP contribution is 2.09. The molecule has 0 spiro atoms. The van der Waals surface area contributed by atoms with Gasteiger partial charge < -0.3 is 5.11 Å². The maximum Gasteiger partial charge on any atom is 0.0574 e. The number of hydrogen-bond acceptors (Lipinski definition) is 1. The van der Waals surface area contributed by atoms with Crippen LogP contribution in [0.25, 0.3) is 0 Å². The van der Waals surface area contributed by atoms with Crippen LogP contribution in [-0.2, 0) is 0 Å². The van der Waals surface area contributed by atoms with Gasteiger partial charge in [-0.3, -0.25) is 0 Å². The van der Waals surface area contributed by atoms with Gasteiger partial charge in [0.25, 0.3) is 0 Å². The van der Waals surface area contributed by atoms with Crippen molar-refractivity contribution in [3.8, 4) is 0 Å². The number of rotatable bonds is 4. The third kappa shape index (κ3) is 3.46. The van der Waals surface area contributed by atoms with Crippen LogP contribution in [0.15, 0.2) is 24.8 Å². The molecule has 0 fully saturated rings. The molecule has 10 heavy (non-hydrogen) atoms. The minimum Gasteiger partial charge on any atom is -0.393 e. The Labute approximate surface area is 63.1 Å². The maximum absolute atomic E-state index is 9.15. The van der Waals surface area contributed by atoms with E-state index in [1.807, 2.05) is 19.1 Å². The minimum absolute atomic E-state index is 0.249. The van der Waals surface area contributed by atoms with E-state index in [1.165, 1.54) is 0 Å². The Morgan fingerprint density at radius 1 is 1.60 bits per heavy atom. The molecule has 0 aliphatic rings. The molecule has 0 radical (unpaired) electrons. The lowest BCUT2D eigenvalue weighted by Crippen LogP contribution is -2.12. The summed E-state index contributed by atoms with van der Waals surface area (Å²) in [4.78, 5) is 0. The lowest BCUT2D eigenvalue weighted by atomic mass is 10.0. The molecule has 0 saturated heterocycles. The fraction of sp³-hybridized carbons (Fsp3) is 0.556. The molecule has 0 amide bonds. The molecule has 0 unspecified atom stereocenters. The van der Waals surface area contributed by atoms with Gasteiger partial charge in [0.1, 0.15) is 0 Å². The lowest BCUT2D eigenvalue weighted by molar-refractivity contribution is 0.147. The van der Waals surface area contributed by atoms with Crippen molar-refractivity contribution in [1.82, 2.24) is 0 Å². The Balaban J connectivity index is 3.82. The smallest absolute Gasteiger partial charge is 0.0574 e. The first-order valence-corrected chi connectivity index (χ1v) is 3.69. The summed E-state index contributed by atoms with van der Waals surface area (Å²) in [5.41, 5.74) is 0. The van der Waals surface area contributed by atoms with Crippen molar-refractivity contribution >= 4 is 0 Å². The van der Waals surface area contributed by atoms with Crippen molar-refractivity contribution in [2.75, 3.05) is 0 Å². The molecule has 1 N–H and O–H groups in total. The van der Waals surface area contributed by atoms with Crippen molar-refractivity contribution in [3.63, 3.8) is 0 Å². The first kappa shape index (κ1) is 9.44. The van der Waals surface area contributed by atoms with Crippen LogP contribution in [-0.4, -0.2) is 11.2 Å². The number of hydrogen-bond donors (Lipinski definition) is 1. The van der Waals surface area contributed by atoms with Gasteiger partial charge in [0.05, 0.1) is 6.10 Å². The number of allylic oxidation sites excluding steroid dienone is 2. The lowest BCUT2D eigenvalue weighted by Gasteiger charge is -2.12. The van der Waals surface area contributed by atoms with Gasteiger partial charge in [0.2, 0.25) is 0 Å². The molecule has 0 aromatic heterocycles. The normalized spacial score (nSPS) is 17.1. The van der Waals surface area contributed by atoms with Crippen LogP contribution in [0.5, 0.6) is 0 Å². The van der Waals surface area contributed by atoms with E-state index < -0.39 is 0 Å². The largest absolute Gasteiger partial charge is 0.393 e. The molecule has 2 atom stereocenters. The standard InChI is InChI=1S/C9H16O/c1-4-6-7-9(5-2)8(3)10/h4,6-10H,1,5H2,2-3H3/b7-6+/t8-,9-/m1/s1. The molecule has 0 rings (SSSR count). The molecule has 0 aromatic carbocycles. The molecule has 0 aromatic rings. The quantitative estimate of drug-likeness (QED) is 0.593. The molecule has 0 bridgehead atoms. The maximum atomic E-state index is 9.15.